The molecule has 118 valence electrons. The van der Waals surface area contributed by atoms with Crippen LogP contribution in [0.2, 0.25) is 10.2 Å². The molecule has 0 saturated heterocycles. The topological polar surface area (TPSA) is 64.1 Å². The van der Waals surface area contributed by atoms with Crippen LogP contribution in [0.25, 0.3) is 11.1 Å². The fourth-order valence-electron chi connectivity index (χ4n) is 2.17. The van der Waals surface area contributed by atoms with Crippen LogP contribution in [-0.2, 0) is 13.0 Å². The molecular formula is C16H13Cl2N3OS. The quantitative estimate of drug-likeness (QED) is 0.522. The van der Waals surface area contributed by atoms with Gasteiger partial charge < -0.3 is 15.5 Å². The van der Waals surface area contributed by atoms with Crippen LogP contribution >= 0.6 is 34.5 Å². The van der Waals surface area contributed by atoms with Crippen molar-refractivity contribution in [2.45, 2.75) is 19.0 Å². The lowest BCUT2D eigenvalue weighted by molar-refractivity contribution is 0.539. The van der Waals surface area contributed by atoms with Crippen molar-refractivity contribution in [1.82, 2.24) is 4.98 Å². The van der Waals surface area contributed by atoms with Gasteiger partial charge in [-0.1, -0.05) is 35.2 Å². The van der Waals surface area contributed by atoms with Gasteiger partial charge in [-0.05, 0) is 11.4 Å². The third-order valence-electron chi connectivity index (χ3n) is 3.27. The molecule has 3 aromatic rings. The van der Waals surface area contributed by atoms with Gasteiger partial charge in [-0.2, -0.15) is 0 Å². The number of nitrogens with two attached hydrogens (primary N) is 1. The molecule has 0 fully saturated rings. The Morgan fingerprint density at radius 2 is 2.30 bits per heavy atom. The lowest BCUT2D eigenvalue weighted by Crippen LogP contribution is -2.19. The van der Waals surface area contributed by atoms with E-state index in [-0.39, 0.29) is 0 Å². The molecule has 0 aromatic carbocycles. The van der Waals surface area contributed by atoms with E-state index in [2.05, 4.69) is 16.2 Å². The second-order valence-electron chi connectivity index (χ2n) is 4.92. The number of terminal acetylenes is 1. The monoisotopic (exact) mass is 365 g/mol. The minimum absolute atomic E-state index is 0.335. The number of anilines is 1. The van der Waals surface area contributed by atoms with E-state index in [9.17, 15) is 0 Å². The highest BCUT2D eigenvalue weighted by molar-refractivity contribution is 7.09. The van der Waals surface area contributed by atoms with Crippen LogP contribution in [0.3, 0.4) is 0 Å². The van der Waals surface area contributed by atoms with Gasteiger partial charge in [0.2, 0.25) is 0 Å². The maximum Gasteiger partial charge on any atom is 0.177 e. The minimum atomic E-state index is -0.467. The molecule has 23 heavy (non-hydrogen) atoms. The molecule has 0 radical (unpaired) electrons. The fraction of sp³-hybridized carbons (Fsp3) is 0.188. The van der Waals surface area contributed by atoms with Crippen molar-refractivity contribution in [2.24, 2.45) is 5.73 Å². The molecule has 0 aliphatic carbocycles. The van der Waals surface area contributed by atoms with Crippen LogP contribution in [-0.4, -0.2) is 11.0 Å². The number of pyridine rings is 1. The summed E-state index contributed by atoms with van der Waals surface area (Å²) in [4.78, 5) is 5.44. The summed E-state index contributed by atoms with van der Waals surface area (Å²) in [6.07, 6.45) is 5.65. The minimum Gasteiger partial charge on any atom is -0.455 e. The first-order valence-electron chi connectivity index (χ1n) is 6.84. The lowest BCUT2D eigenvalue weighted by Gasteiger charge is -2.06. The van der Waals surface area contributed by atoms with Gasteiger partial charge in [0.15, 0.2) is 5.58 Å². The molecule has 7 heteroatoms. The molecule has 0 unspecified atom stereocenters. The van der Waals surface area contributed by atoms with E-state index >= 15 is 0 Å². The normalized spacial score (nSPS) is 12.3. The average Bonchev–Trinajstić information content (AvgIpc) is 3.15. The number of nitrogens with zero attached hydrogens (tertiary/aromatic N) is 1. The number of nitrogens with one attached hydrogen (secondary N) is 1. The zero-order valence-corrected chi connectivity index (χ0v) is 14.3. The predicted molar refractivity (Wildman–Crippen MR) is 96.2 cm³/mol. The van der Waals surface area contributed by atoms with E-state index in [1.54, 1.807) is 17.4 Å². The lowest BCUT2D eigenvalue weighted by atomic mass is 10.2. The third-order valence-corrected chi connectivity index (χ3v) is 4.73. The molecular weight excluding hydrogens is 353 g/mol. The highest BCUT2D eigenvalue weighted by atomic mass is 35.5. The summed E-state index contributed by atoms with van der Waals surface area (Å²) in [6, 6.07) is 5.29. The van der Waals surface area contributed by atoms with E-state index in [1.807, 2.05) is 17.5 Å². The summed E-state index contributed by atoms with van der Waals surface area (Å²) in [5, 5.41) is 6.05. The Hall–Kier alpha value is -1.71. The first-order valence-corrected chi connectivity index (χ1v) is 8.47. The zero-order valence-electron chi connectivity index (χ0n) is 12.0. The number of hydrogen-bond acceptors (Lipinski definition) is 5. The molecule has 3 aromatic heterocycles. The molecule has 0 spiro atoms. The maximum atomic E-state index is 6.34. The standard InChI is InChI=1S/C16H13Cl2N3OS/c1-2-9(19)6-12-14(18)15-16(22-12)11(7-13(17)21-15)20-8-10-4-3-5-23-10/h1,3-5,7,9H,6,8,19H2,(H,20,21)/t9-/m0/s1. The van der Waals surface area contributed by atoms with Crippen LogP contribution in [0.15, 0.2) is 28.0 Å². The Morgan fingerprint density at radius 3 is 3.00 bits per heavy atom. The van der Waals surface area contributed by atoms with Crippen molar-refractivity contribution >= 4 is 51.3 Å². The Morgan fingerprint density at radius 1 is 1.48 bits per heavy atom. The van der Waals surface area contributed by atoms with Gasteiger partial charge in [0.05, 0.1) is 11.7 Å². The van der Waals surface area contributed by atoms with Gasteiger partial charge in [0.25, 0.3) is 0 Å². The van der Waals surface area contributed by atoms with E-state index < -0.39 is 6.04 Å². The largest absolute Gasteiger partial charge is 0.455 e. The Balaban J connectivity index is 1.97. The van der Waals surface area contributed by atoms with Gasteiger partial charge in [-0.25, -0.2) is 4.98 Å². The highest BCUT2D eigenvalue weighted by Gasteiger charge is 2.19. The molecule has 0 amide bonds. The van der Waals surface area contributed by atoms with Crippen LogP contribution in [0.1, 0.15) is 10.6 Å². The van der Waals surface area contributed by atoms with Gasteiger partial charge in [0, 0.05) is 23.9 Å². The summed E-state index contributed by atoms with van der Waals surface area (Å²) < 4.78 is 5.84. The molecule has 0 aliphatic heterocycles. The summed E-state index contributed by atoms with van der Waals surface area (Å²) in [5.74, 6) is 2.97. The van der Waals surface area contributed by atoms with E-state index in [0.29, 0.717) is 40.0 Å². The highest BCUT2D eigenvalue weighted by Crippen LogP contribution is 2.36. The first-order chi connectivity index (χ1) is 11.1. The summed E-state index contributed by atoms with van der Waals surface area (Å²) in [5.41, 5.74) is 7.56. The molecule has 0 saturated carbocycles. The molecule has 3 heterocycles. The fourth-order valence-corrected chi connectivity index (χ4v) is 3.25. The molecule has 0 aliphatic rings. The number of rotatable bonds is 5. The Bertz CT molecular complexity index is 868. The van der Waals surface area contributed by atoms with E-state index in [1.165, 1.54) is 4.88 Å². The second-order valence-corrected chi connectivity index (χ2v) is 6.72. The number of halogens is 2. The van der Waals surface area contributed by atoms with Crippen molar-refractivity contribution in [2.75, 3.05) is 5.32 Å². The Labute approximate surface area is 147 Å². The summed E-state index contributed by atoms with van der Waals surface area (Å²) in [7, 11) is 0. The number of furan rings is 1. The number of thiophene rings is 1. The molecule has 3 N–H and O–H groups in total. The van der Waals surface area contributed by atoms with Gasteiger partial charge in [-0.15, -0.1) is 17.8 Å². The van der Waals surface area contributed by atoms with Crippen molar-refractivity contribution in [1.29, 1.82) is 0 Å². The van der Waals surface area contributed by atoms with Crippen molar-refractivity contribution in [3.05, 3.63) is 44.4 Å². The predicted octanol–water partition coefficient (Wildman–Crippen LogP) is 4.31. The van der Waals surface area contributed by atoms with Crippen molar-refractivity contribution in [3.63, 3.8) is 0 Å². The number of aromatic nitrogens is 1. The van der Waals surface area contributed by atoms with Crippen molar-refractivity contribution in [3.8, 4) is 12.3 Å². The van der Waals surface area contributed by atoms with E-state index in [4.69, 9.17) is 39.8 Å². The Kier molecular flexibility index (Phi) is 4.79. The second kappa shape index (κ2) is 6.81. The van der Waals surface area contributed by atoms with Gasteiger partial charge in [-0.3, -0.25) is 0 Å². The van der Waals surface area contributed by atoms with Gasteiger partial charge >= 0.3 is 0 Å². The van der Waals surface area contributed by atoms with Crippen molar-refractivity contribution < 1.29 is 4.42 Å². The molecule has 4 nitrogen and oxygen atoms in total. The van der Waals surface area contributed by atoms with Crippen LogP contribution in [0.4, 0.5) is 5.69 Å². The average molecular weight is 366 g/mol. The summed E-state index contributed by atoms with van der Waals surface area (Å²) >= 11 is 14.1. The van der Waals surface area contributed by atoms with Crippen LogP contribution < -0.4 is 11.1 Å². The molecule has 0 bridgehead atoms. The maximum absolute atomic E-state index is 6.34. The van der Waals surface area contributed by atoms with Gasteiger partial charge in [0.1, 0.15) is 21.5 Å². The van der Waals surface area contributed by atoms with Crippen LogP contribution in [0.5, 0.6) is 0 Å². The molecule has 1 atom stereocenters. The smallest absolute Gasteiger partial charge is 0.177 e. The van der Waals surface area contributed by atoms with E-state index in [0.717, 1.165) is 5.69 Å². The zero-order chi connectivity index (χ0) is 16.4. The SMILES string of the molecule is C#C[C@H](N)Cc1oc2c(NCc3cccs3)cc(Cl)nc2c1Cl. The third kappa shape index (κ3) is 3.46. The first kappa shape index (κ1) is 16.2. The number of hydrogen-bond donors (Lipinski definition) is 2. The number of fused-ring (bicyclic) bond motifs is 1. The summed E-state index contributed by atoms with van der Waals surface area (Å²) in [6.45, 7) is 0.657. The molecule has 3 rings (SSSR count). The van der Waals surface area contributed by atoms with Crippen LogP contribution in [0, 0.1) is 12.3 Å².